The number of benzene rings is 2. The molecular formula is C16H14Cl3N3O. The lowest BCUT2D eigenvalue weighted by atomic mass is 9.86. The van der Waals surface area contributed by atoms with Crippen LogP contribution in [-0.2, 0) is 12.1 Å². The van der Waals surface area contributed by atoms with Gasteiger partial charge in [0.05, 0.1) is 6.54 Å². The zero-order chi connectivity index (χ0) is 15.6. The Morgan fingerprint density at radius 2 is 1.39 bits per heavy atom. The van der Waals surface area contributed by atoms with Crippen molar-refractivity contribution < 1.29 is 5.11 Å². The molecule has 0 amide bonds. The normalized spacial score (nSPS) is 11.1. The van der Waals surface area contributed by atoms with Crippen molar-refractivity contribution in [3.8, 4) is 0 Å². The molecule has 2 aromatic carbocycles. The van der Waals surface area contributed by atoms with Gasteiger partial charge in [-0.2, -0.15) is 5.10 Å². The van der Waals surface area contributed by atoms with Crippen LogP contribution in [0.4, 0.5) is 0 Å². The van der Waals surface area contributed by atoms with E-state index in [1.807, 2.05) is 0 Å². The summed E-state index contributed by atoms with van der Waals surface area (Å²) in [5.74, 6) is 0. The minimum atomic E-state index is -1.26. The van der Waals surface area contributed by atoms with Crippen LogP contribution in [0.3, 0.4) is 0 Å². The van der Waals surface area contributed by atoms with Crippen molar-refractivity contribution >= 4 is 35.6 Å². The number of hydrogen-bond acceptors (Lipinski definition) is 3. The molecule has 1 aromatic heterocycles. The number of aliphatic hydroxyl groups is 1. The summed E-state index contributed by atoms with van der Waals surface area (Å²) in [6, 6.07) is 14.2. The van der Waals surface area contributed by atoms with Gasteiger partial charge in [0.25, 0.3) is 0 Å². The summed E-state index contributed by atoms with van der Waals surface area (Å²) >= 11 is 11.9. The van der Waals surface area contributed by atoms with Gasteiger partial charge < -0.3 is 5.11 Å². The van der Waals surface area contributed by atoms with Gasteiger partial charge in [-0.05, 0) is 35.4 Å². The van der Waals surface area contributed by atoms with Gasteiger partial charge in [0.2, 0.25) is 0 Å². The molecule has 0 aliphatic heterocycles. The van der Waals surface area contributed by atoms with Crippen molar-refractivity contribution in [2.45, 2.75) is 12.1 Å². The Balaban J connectivity index is 0.00000192. The van der Waals surface area contributed by atoms with Crippen molar-refractivity contribution in [1.82, 2.24) is 14.8 Å². The second-order valence-electron chi connectivity index (χ2n) is 4.97. The average Bonchev–Trinajstić information content (AvgIpc) is 3.01. The van der Waals surface area contributed by atoms with E-state index in [-0.39, 0.29) is 19.0 Å². The third-order valence-corrected chi connectivity index (χ3v) is 4.00. The topological polar surface area (TPSA) is 50.9 Å². The number of nitrogens with zero attached hydrogens (tertiary/aromatic N) is 3. The average molecular weight is 371 g/mol. The van der Waals surface area contributed by atoms with Gasteiger partial charge in [-0.3, -0.25) is 0 Å². The van der Waals surface area contributed by atoms with Crippen LogP contribution in [0.25, 0.3) is 0 Å². The molecule has 3 aromatic rings. The molecule has 0 unspecified atom stereocenters. The second-order valence-corrected chi connectivity index (χ2v) is 5.84. The Bertz CT molecular complexity index is 698. The predicted octanol–water partition coefficient (Wildman–Crippen LogP) is 3.94. The first kappa shape index (κ1) is 17.8. The third kappa shape index (κ3) is 3.85. The molecule has 0 bridgehead atoms. The highest BCUT2D eigenvalue weighted by Gasteiger charge is 2.32. The van der Waals surface area contributed by atoms with Gasteiger partial charge in [-0.25, -0.2) is 9.67 Å². The fraction of sp³-hybridized carbons (Fsp3) is 0.125. The van der Waals surface area contributed by atoms with Crippen molar-refractivity contribution in [2.75, 3.05) is 0 Å². The zero-order valence-electron chi connectivity index (χ0n) is 11.9. The van der Waals surface area contributed by atoms with Crippen molar-refractivity contribution in [3.63, 3.8) is 0 Å². The maximum Gasteiger partial charge on any atom is 0.137 e. The summed E-state index contributed by atoms with van der Waals surface area (Å²) in [7, 11) is 0. The molecule has 0 fully saturated rings. The highest BCUT2D eigenvalue weighted by molar-refractivity contribution is 6.30. The van der Waals surface area contributed by atoms with Gasteiger partial charge in [-0.15, -0.1) is 12.4 Å². The van der Waals surface area contributed by atoms with E-state index in [4.69, 9.17) is 23.2 Å². The summed E-state index contributed by atoms with van der Waals surface area (Å²) < 4.78 is 1.59. The lowest BCUT2D eigenvalue weighted by molar-refractivity contribution is 0.0572. The van der Waals surface area contributed by atoms with E-state index in [1.165, 1.54) is 6.33 Å². The minimum absolute atomic E-state index is 0. The van der Waals surface area contributed by atoms with Gasteiger partial charge in [0.1, 0.15) is 18.3 Å². The van der Waals surface area contributed by atoms with Crippen LogP contribution in [0.15, 0.2) is 61.2 Å². The molecule has 0 aliphatic rings. The molecule has 1 heterocycles. The molecule has 23 heavy (non-hydrogen) atoms. The van der Waals surface area contributed by atoms with E-state index in [9.17, 15) is 5.11 Å². The maximum atomic E-state index is 11.3. The summed E-state index contributed by atoms with van der Waals surface area (Å²) in [4.78, 5) is 3.92. The Labute approximate surface area is 150 Å². The SMILES string of the molecule is Cl.OC(Cn1cncn1)(c1ccc(Cl)cc1)c1ccc(Cl)cc1. The Morgan fingerprint density at radius 3 is 1.78 bits per heavy atom. The molecule has 4 nitrogen and oxygen atoms in total. The van der Waals surface area contributed by atoms with Crippen molar-refractivity contribution in [2.24, 2.45) is 0 Å². The van der Waals surface area contributed by atoms with Crippen molar-refractivity contribution in [3.05, 3.63) is 82.4 Å². The van der Waals surface area contributed by atoms with Gasteiger partial charge in [0.15, 0.2) is 0 Å². The molecule has 0 aliphatic carbocycles. The molecule has 120 valence electrons. The van der Waals surface area contributed by atoms with Crippen LogP contribution in [0.1, 0.15) is 11.1 Å². The molecule has 7 heteroatoms. The van der Waals surface area contributed by atoms with Gasteiger partial charge in [-0.1, -0.05) is 47.5 Å². The lowest BCUT2D eigenvalue weighted by Gasteiger charge is -2.29. The predicted molar refractivity (Wildman–Crippen MR) is 93.2 cm³/mol. The van der Waals surface area contributed by atoms with Crippen LogP contribution >= 0.6 is 35.6 Å². The quantitative estimate of drug-likeness (QED) is 0.756. The molecule has 1 N–H and O–H groups in total. The van der Waals surface area contributed by atoms with Crippen LogP contribution in [0.5, 0.6) is 0 Å². The highest BCUT2D eigenvalue weighted by Crippen LogP contribution is 2.32. The first-order valence-corrected chi connectivity index (χ1v) is 7.40. The fourth-order valence-corrected chi connectivity index (χ4v) is 2.60. The molecular weight excluding hydrogens is 357 g/mol. The number of rotatable bonds is 4. The summed E-state index contributed by atoms with van der Waals surface area (Å²) in [5.41, 5.74) is 0.174. The largest absolute Gasteiger partial charge is 0.378 e. The van der Waals surface area contributed by atoms with E-state index < -0.39 is 5.60 Å². The number of hydrogen-bond donors (Lipinski definition) is 1. The Kier molecular flexibility index (Phi) is 5.65. The van der Waals surface area contributed by atoms with Crippen LogP contribution in [0, 0.1) is 0 Å². The Hall–Kier alpha value is -1.59. The molecule has 0 radical (unpaired) electrons. The number of aromatic nitrogens is 3. The van der Waals surface area contributed by atoms with Gasteiger partial charge in [0, 0.05) is 10.0 Å². The fourth-order valence-electron chi connectivity index (χ4n) is 2.35. The summed E-state index contributed by atoms with van der Waals surface area (Å²) in [5, 5.41) is 16.6. The van der Waals surface area contributed by atoms with E-state index in [0.717, 1.165) is 11.1 Å². The monoisotopic (exact) mass is 369 g/mol. The van der Waals surface area contributed by atoms with Gasteiger partial charge >= 0.3 is 0 Å². The molecule has 0 spiro atoms. The highest BCUT2D eigenvalue weighted by atomic mass is 35.5. The van der Waals surface area contributed by atoms with Crippen LogP contribution in [-0.4, -0.2) is 19.9 Å². The number of halogens is 3. The third-order valence-electron chi connectivity index (χ3n) is 3.50. The zero-order valence-corrected chi connectivity index (χ0v) is 14.3. The van der Waals surface area contributed by atoms with E-state index >= 15 is 0 Å². The summed E-state index contributed by atoms with van der Waals surface area (Å²) in [6.07, 6.45) is 3.00. The molecule has 0 saturated carbocycles. The van der Waals surface area contributed by atoms with Crippen LogP contribution in [0.2, 0.25) is 10.0 Å². The molecule has 3 rings (SSSR count). The minimum Gasteiger partial charge on any atom is -0.378 e. The Morgan fingerprint density at radius 1 is 0.913 bits per heavy atom. The van der Waals surface area contributed by atoms with E-state index in [0.29, 0.717) is 10.0 Å². The van der Waals surface area contributed by atoms with E-state index in [2.05, 4.69) is 10.1 Å². The summed E-state index contributed by atoms with van der Waals surface area (Å²) in [6.45, 7) is 0.232. The second kappa shape index (κ2) is 7.32. The molecule has 0 saturated heterocycles. The standard InChI is InChI=1S/C16H13Cl2N3O.ClH/c17-14-5-1-12(2-6-14)16(22,9-21-11-19-10-20-21)13-3-7-15(18)8-4-13;/h1-8,10-11,22H,9H2;1H. The lowest BCUT2D eigenvalue weighted by Crippen LogP contribution is -2.33. The van der Waals surface area contributed by atoms with Crippen LogP contribution < -0.4 is 0 Å². The smallest absolute Gasteiger partial charge is 0.137 e. The van der Waals surface area contributed by atoms with E-state index in [1.54, 1.807) is 59.5 Å². The molecule has 0 atom stereocenters. The first-order chi connectivity index (χ1) is 10.6. The van der Waals surface area contributed by atoms with Crippen molar-refractivity contribution in [1.29, 1.82) is 0 Å². The first-order valence-electron chi connectivity index (χ1n) is 6.65. The maximum absolute atomic E-state index is 11.3.